The normalized spacial score (nSPS) is 27.8. The first kappa shape index (κ1) is 15.5. The van der Waals surface area contributed by atoms with Gasteiger partial charge in [0.15, 0.2) is 9.84 Å². The molecule has 122 valence electrons. The van der Waals surface area contributed by atoms with Gasteiger partial charge in [-0.05, 0) is 19.5 Å². The maximum Gasteiger partial charge on any atom is 0.274 e. The van der Waals surface area contributed by atoms with Crippen molar-refractivity contribution < 1.29 is 13.2 Å². The average molecular weight is 326 g/mol. The fourth-order valence-electron chi connectivity index (χ4n) is 3.39. The first-order valence-electron chi connectivity index (χ1n) is 7.67. The molecular formula is C14H22N4O3S. The van der Waals surface area contributed by atoms with Crippen LogP contribution >= 0.6 is 0 Å². The van der Waals surface area contributed by atoms with Crippen LogP contribution in [-0.4, -0.2) is 78.0 Å². The van der Waals surface area contributed by atoms with Crippen LogP contribution in [0, 0.1) is 0 Å². The van der Waals surface area contributed by atoms with Gasteiger partial charge in [-0.2, -0.15) is 5.10 Å². The molecule has 2 atom stereocenters. The zero-order valence-corrected chi connectivity index (χ0v) is 13.8. The van der Waals surface area contributed by atoms with Crippen LogP contribution in [0.5, 0.6) is 0 Å². The van der Waals surface area contributed by atoms with Crippen LogP contribution in [0.15, 0.2) is 6.07 Å². The minimum Gasteiger partial charge on any atom is -0.330 e. The Morgan fingerprint density at radius 1 is 1.36 bits per heavy atom. The molecule has 1 amide bonds. The van der Waals surface area contributed by atoms with Crippen molar-refractivity contribution in [1.82, 2.24) is 20.0 Å². The van der Waals surface area contributed by atoms with E-state index in [1.54, 1.807) is 11.0 Å². The van der Waals surface area contributed by atoms with Crippen molar-refractivity contribution >= 4 is 15.7 Å². The maximum absolute atomic E-state index is 12.7. The van der Waals surface area contributed by atoms with E-state index < -0.39 is 9.84 Å². The second kappa shape index (κ2) is 5.66. The molecule has 3 rings (SSSR count). The summed E-state index contributed by atoms with van der Waals surface area (Å²) in [7, 11) is -1.15. The molecule has 2 aliphatic heterocycles. The first-order chi connectivity index (χ1) is 10.4. The number of fused-ring (bicyclic) bond motifs is 1. The Balaban J connectivity index is 1.82. The van der Waals surface area contributed by atoms with E-state index in [9.17, 15) is 13.2 Å². The molecule has 1 N–H and O–H groups in total. The summed E-state index contributed by atoms with van der Waals surface area (Å²) in [5.41, 5.74) is 1.33. The predicted octanol–water partition coefficient (Wildman–Crippen LogP) is -0.0846. The van der Waals surface area contributed by atoms with E-state index in [1.807, 2.05) is 11.9 Å². The molecule has 0 saturated carbocycles. The Morgan fingerprint density at radius 3 is 2.82 bits per heavy atom. The summed E-state index contributed by atoms with van der Waals surface area (Å²) in [6, 6.07) is 1.42. The lowest BCUT2D eigenvalue weighted by molar-refractivity contribution is 0.0404. The number of amides is 1. The molecule has 0 aliphatic carbocycles. The average Bonchev–Trinajstić information content (AvgIpc) is 3.03. The van der Waals surface area contributed by atoms with E-state index in [1.165, 1.54) is 0 Å². The lowest BCUT2D eigenvalue weighted by Gasteiger charge is -2.41. The van der Waals surface area contributed by atoms with Crippen molar-refractivity contribution in [3.8, 4) is 0 Å². The topological polar surface area (TPSA) is 86.4 Å². The number of nitrogens with one attached hydrogen (secondary N) is 1. The number of likely N-dealkylation sites (N-methyl/N-ethyl adjacent to an activating group) is 1. The maximum atomic E-state index is 12.7. The van der Waals surface area contributed by atoms with E-state index in [0.717, 1.165) is 18.5 Å². The van der Waals surface area contributed by atoms with Gasteiger partial charge in [0.25, 0.3) is 5.91 Å². The highest BCUT2D eigenvalue weighted by Crippen LogP contribution is 2.27. The van der Waals surface area contributed by atoms with Crippen molar-refractivity contribution in [1.29, 1.82) is 0 Å². The summed E-state index contributed by atoms with van der Waals surface area (Å²) in [5.74, 6) is 0.0263. The van der Waals surface area contributed by atoms with Crippen molar-refractivity contribution in [3.63, 3.8) is 0 Å². The van der Waals surface area contributed by atoms with Crippen molar-refractivity contribution in [2.24, 2.45) is 0 Å². The van der Waals surface area contributed by atoms with Crippen LogP contribution in [0.2, 0.25) is 0 Å². The number of hydrogen-bond acceptors (Lipinski definition) is 5. The van der Waals surface area contributed by atoms with Gasteiger partial charge in [-0.15, -0.1) is 0 Å². The zero-order chi connectivity index (χ0) is 15.9. The summed E-state index contributed by atoms with van der Waals surface area (Å²) in [6.07, 6.45) is 1.83. The smallest absolute Gasteiger partial charge is 0.274 e. The monoisotopic (exact) mass is 326 g/mol. The third kappa shape index (κ3) is 2.77. The van der Waals surface area contributed by atoms with E-state index in [2.05, 4.69) is 17.1 Å². The molecule has 3 heterocycles. The minimum absolute atomic E-state index is 0.0555. The molecule has 1 aromatic heterocycles. The van der Waals surface area contributed by atoms with Gasteiger partial charge in [-0.3, -0.25) is 14.8 Å². The van der Waals surface area contributed by atoms with Gasteiger partial charge in [-0.1, -0.05) is 13.3 Å². The third-order valence-electron chi connectivity index (χ3n) is 4.58. The van der Waals surface area contributed by atoms with Gasteiger partial charge in [0.1, 0.15) is 5.69 Å². The predicted molar refractivity (Wildman–Crippen MR) is 82.5 cm³/mol. The van der Waals surface area contributed by atoms with Crippen LogP contribution < -0.4 is 0 Å². The summed E-state index contributed by atoms with van der Waals surface area (Å²) in [5, 5.41) is 6.99. The number of carbonyl (C=O) groups is 1. The number of rotatable bonds is 3. The van der Waals surface area contributed by atoms with Gasteiger partial charge in [0.05, 0.1) is 17.5 Å². The van der Waals surface area contributed by atoms with Crippen LogP contribution in [0.1, 0.15) is 29.5 Å². The number of piperazine rings is 1. The number of hydrogen-bond donors (Lipinski definition) is 1. The summed E-state index contributed by atoms with van der Waals surface area (Å²) >= 11 is 0. The lowest BCUT2D eigenvalue weighted by Crippen LogP contribution is -2.59. The molecule has 0 spiro atoms. The van der Waals surface area contributed by atoms with Crippen molar-refractivity contribution in [2.75, 3.05) is 31.6 Å². The van der Waals surface area contributed by atoms with Gasteiger partial charge in [0, 0.05) is 24.8 Å². The highest BCUT2D eigenvalue weighted by Gasteiger charge is 2.47. The number of H-pyrrole nitrogens is 1. The molecular weight excluding hydrogens is 304 g/mol. The molecule has 22 heavy (non-hydrogen) atoms. The highest BCUT2D eigenvalue weighted by molar-refractivity contribution is 7.91. The molecule has 0 bridgehead atoms. The molecule has 1 aromatic rings. The Morgan fingerprint density at radius 2 is 2.09 bits per heavy atom. The lowest BCUT2D eigenvalue weighted by atomic mass is 10.0. The summed E-state index contributed by atoms with van der Waals surface area (Å²) in [4.78, 5) is 16.5. The second-order valence-electron chi connectivity index (χ2n) is 6.22. The second-order valence-corrected chi connectivity index (χ2v) is 8.37. The minimum atomic E-state index is -3.08. The number of nitrogens with zero attached hydrogens (tertiary/aromatic N) is 3. The van der Waals surface area contributed by atoms with Crippen molar-refractivity contribution in [3.05, 3.63) is 17.5 Å². The van der Waals surface area contributed by atoms with Crippen LogP contribution in [-0.2, 0) is 16.3 Å². The number of aromatic nitrogens is 2. The zero-order valence-electron chi connectivity index (χ0n) is 12.9. The van der Waals surface area contributed by atoms with E-state index in [-0.39, 0.29) is 29.5 Å². The van der Waals surface area contributed by atoms with Gasteiger partial charge < -0.3 is 4.90 Å². The molecule has 0 radical (unpaired) electrons. The third-order valence-corrected chi connectivity index (χ3v) is 6.28. The Kier molecular flexibility index (Phi) is 3.98. The number of sulfone groups is 1. The van der Waals surface area contributed by atoms with E-state index in [4.69, 9.17) is 0 Å². The molecule has 0 unspecified atom stereocenters. The standard InChI is InChI=1S/C14H22N4O3S/c1-3-4-10-7-11(16-15-10)14(19)18-6-5-17(2)12-8-22(20,21)9-13(12)18/h7,12-13H,3-6,8-9H2,1-2H3,(H,15,16)/t12-,13+/m0/s1. The van der Waals surface area contributed by atoms with Crippen LogP contribution in [0.3, 0.4) is 0 Å². The van der Waals surface area contributed by atoms with E-state index >= 15 is 0 Å². The molecule has 2 aliphatic rings. The molecule has 2 saturated heterocycles. The molecule has 0 aromatic carbocycles. The largest absolute Gasteiger partial charge is 0.330 e. The summed E-state index contributed by atoms with van der Waals surface area (Å²) < 4.78 is 23.9. The molecule has 8 heteroatoms. The quantitative estimate of drug-likeness (QED) is 0.839. The van der Waals surface area contributed by atoms with E-state index in [0.29, 0.717) is 18.8 Å². The Hall–Kier alpha value is -1.41. The van der Waals surface area contributed by atoms with Gasteiger partial charge >= 0.3 is 0 Å². The number of aryl methyl sites for hydroxylation is 1. The Bertz CT molecular complexity index is 669. The highest BCUT2D eigenvalue weighted by atomic mass is 32.2. The molecule has 2 fully saturated rings. The van der Waals surface area contributed by atoms with Gasteiger partial charge in [0.2, 0.25) is 0 Å². The SMILES string of the molecule is CCCc1cc(C(=O)N2CCN(C)[C@H]3CS(=O)(=O)C[C@H]32)n[nH]1. The summed E-state index contributed by atoms with van der Waals surface area (Å²) in [6.45, 7) is 3.30. The fraction of sp³-hybridized carbons (Fsp3) is 0.714. The molecule has 7 nitrogen and oxygen atoms in total. The van der Waals surface area contributed by atoms with Crippen LogP contribution in [0.25, 0.3) is 0 Å². The fourth-order valence-corrected chi connectivity index (χ4v) is 5.45. The first-order valence-corrected chi connectivity index (χ1v) is 9.49. The Labute approximate surface area is 130 Å². The van der Waals surface area contributed by atoms with Gasteiger partial charge in [-0.25, -0.2) is 8.42 Å². The van der Waals surface area contributed by atoms with Crippen LogP contribution in [0.4, 0.5) is 0 Å². The number of aromatic amines is 1. The van der Waals surface area contributed by atoms with Crippen molar-refractivity contribution in [2.45, 2.75) is 31.8 Å². The number of carbonyl (C=O) groups excluding carboxylic acids is 1.